The second-order valence-electron chi connectivity index (χ2n) is 16.4. The second-order valence-corrected chi connectivity index (χ2v) is 16.4. The van der Waals surface area contributed by atoms with Crippen LogP contribution in [0.3, 0.4) is 0 Å². The summed E-state index contributed by atoms with van der Waals surface area (Å²) in [6.45, 7) is 27.1. The molecule has 6 heteroatoms. The Labute approximate surface area is 302 Å². The Balaban J connectivity index is 0.00000451. The smallest absolute Gasteiger partial charge is 0.518 e. The van der Waals surface area contributed by atoms with Gasteiger partial charge in [0, 0.05) is 34.4 Å². The van der Waals surface area contributed by atoms with Crippen LogP contribution in [0.4, 0.5) is 17.2 Å². The number of fused-ring (bicyclic) bond motifs is 2. The summed E-state index contributed by atoms with van der Waals surface area (Å²) in [4.78, 5) is 12.2. The van der Waals surface area contributed by atoms with E-state index in [-0.39, 0.29) is 48.8 Å². The fourth-order valence-corrected chi connectivity index (χ4v) is 6.31. The van der Waals surface area contributed by atoms with Crippen molar-refractivity contribution in [3.63, 3.8) is 0 Å². The zero-order valence-electron chi connectivity index (χ0n) is 30.5. The summed E-state index contributed by atoms with van der Waals surface area (Å²) in [5.74, 6) is 3.05. The average Bonchev–Trinajstić information content (AvgIpc) is 3.40. The summed E-state index contributed by atoms with van der Waals surface area (Å²) in [5.41, 5.74) is 8.20. The molecule has 0 fully saturated rings. The van der Waals surface area contributed by atoms with Crippen molar-refractivity contribution >= 4 is 23.1 Å². The van der Waals surface area contributed by atoms with Crippen molar-refractivity contribution in [3.8, 4) is 11.5 Å². The quantitative estimate of drug-likeness (QED) is 0.188. The summed E-state index contributed by atoms with van der Waals surface area (Å²) in [7, 11) is 0. The largest absolute Gasteiger partial charge is 2.00 e. The molecule has 4 aromatic rings. The Morgan fingerprint density at radius 2 is 1.60 bits per heavy atom. The zero-order valence-corrected chi connectivity index (χ0v) is 32.8. The number of anilines is 3. The maximum absolute atomic E-state index is 6.61. The van der Waals surface area contributed by atoms with Gasteiger partial charge in [0.2, 0.25) is 0 Å². The molecule has 3 aromatic carbocycles. The van der Waals surface area contributed by atoms with Gasteiger partial charge in [0.05, 0.1) is 5.54 Å². The van der Waals surface area contributed by atoms with E-state index in [1.807, 2.05) is 18.3 Å². The predicted molar refractivity (Wildman–Crippen MR) is 193 cm³/mol. The summed E-state index contributed by atoms with van der Waals surface area (Å²) >= 11 is 0. The van der Waals surface area contributed by atoms with Crippen molar-refractivity contribution in [2.75, 3.05) is 11.5 Å². The average molecular weight is 823 g/mol. The minimum Gasteiger partial charge on any atom is -0.518 e. The van der Waals surface area contributed by atoms with Crippen molar-refractivity contribution < 1.29 is 30.5 Å². The van der Waals surface area contributed by atoms with Gasteiger partial charge in [-0.15, -0.1) is 29.8 Å². The number of pyridine rings is 1. The maximum atomic E-state index is 6.61. The van der Waals surface area contributed by atoms with E-state index in [9.17, 15) is 0 Å². The molecule has 2 aliphatic rings. The van der Waals surface area contributed by atoms with Gasteiger partial charge in [0.25, 0.3) is 0 Å². The van der Waals surface area contributed by atoms with Crippen LogP contribution in [0, 0.1) is 24.5 Å². The minimum absolute atomic E-state index is 0. The third kappa shape index (κ3) is 6.48. The van der Waals surface area contributed by atoms with Crippen molar-refractivity contribution in [1.29, 1.82) is 0 Å². The van der Waals surface area contributed by atoms with Crippen LogP contribution in [0.1, 0.15) is 115 Å². The molecule has 254 valence electrons. The third-order valence-electron chi connectivity index (χ3n) is 10.1. The van der Waals surface area contributed by atoms with Crippen LogP contribution in [0.15, 0.2) is 65.8 Å². The number of aromatic nitrogens is 1. The molecule has 5 nitrogen and oxygen atoms in total. The van der Waals surface area contributed by atoms with Gasteiger partial charge in [-0.1, -0.05) is 118 Å². The fourth-order valence-electron chi connectivity index (χ4n) is 6.31. The molecule has 48 heavy (non-hydrogen) atoms. The monoisotopic (exact) mass is 822 g/mol. The molecule has 6 rings (SSSR count). The predicted octanol–water partition coefficient (Wildman–Crippen LogP) is 10.9. The topological polar surface area (TPSA) is 47.0 Å². The first-order chi connectivity index (χ1) is 21.9. The van der Waals surface area contributed by atoms with Gasteiger partial charge in [0.1, 0.15) is 18.3 Å². The van der Waals surface area contributed by atoms with E-state index in [4.69, 9.17) is 19.5 Å². The van der Waals surface area contributed by atoms with Gasteiger partial charge in [-0.25, -0.2) is 4.98 Å². The Hall–Kier alpha value is -3.43. The first-order valence-electron chi connectivity index (χ1n) is 16.8. The number of benzene rings is 3. The van der Waals surface area contributed by atoms with E-state index in [1.165, 1.54) is 16.7 Å². The summed E-state index contributed by atoms with van der Waals surface area (Å²) in [5, 5.41) is 0. The molecule has 1 atom stereocenters. The number of rotatable bonds is 5. The Kier molecular flexibility index (Phi) is 9.32. The second kappa shape index (κ2) is 12.5. The number of hydrogen-bond acceptors (Lipinski definition) is 5. The number of aryl methyl sites for hydroxylation is 1. The van der Waals surface area contributed by atoms with Crippen LogP contribution in [-0.2, 0) is 36.6 Å². The fraction of sp³-hybridized carbons (Fsp3) is 0.429. The molecule has 0 saturated heterocycles. The van der Waals surface area contributed by atoms with Crippen molar-refractivity contribution in [1.82, 2.24) is 4.98 Å². The van der Waals surface area contributed by atoms with Crippen LogP contribution in [0.25, 0.3) is 0 Å². The van der Waals surface area contributed by atoms with Crippen molar-refractivity contribution in [2.45, 2.75) is 105 Å². The van der Waals surface area contributed by atoms with Gasteiger partial charge < -0.3 is 14.4 Å². The molecule has 0 saturated carbocycles. The molecule has 0 N–H and O–H groups in total. The van der Waals surface area contributed by atoms with Gasteiger partial charge in [-0.2, -0.15) is 5.56 Å². The molecular formula is C42H49N3O2Pt. The summed E-state index contributed by atoms with van der Waals surface area (Å²) in [6.07, 6.45) is 1.87. The molecule has 0 radical (unpaired) electrons. The van der Waals surface area contributed by atoms with E-state index in [0.717, 1.165) is 33.9 Å². The van der Waals surface area contributed by atoms with Crippen molar-refractivity contribution in [3.05, 3.63) is 106 Å². The van der Waals surface area contributed by atoms with Crippen LogP contribution < -0.4 is 9.64 Å². The first kappa shape index (κ1) is 35.9. The molecule has 1 aromatic heterocycles. The first-order valence-corrected chi connectivity index (χ1v) is 16.8. The molecule has 0 spiro atoms. The van der Waals surface area contributed by atoms with Crippen LogP contribution in [-0.4, -0.2) is 23.0 Å². The van der Waals surface area contributed by atoms with Gasteiger partial charge in [0.15, 0.2) is 0 Å². The van der Waals surface area contributed by atoms with Crippen LogP contribution >= 0.6 is 0 Å². The normalized spacial score (nSPS) is 18.4. The van der Waals surface area contributed by atoms with Crippen molar-refractivity contribution in [2.24, 2.45) is 10.4 Å². The zero-order chi connectivity index (χ0) is 34.1. The SMILES string of the molecule is Cc1cc(Oc2[c-]c(C3=N[C@](C)(C(C)(C)C)CO3)cc(C(C)C)c2)[c-]c(N2c3ccc(C(C)(C)C)cc3C(C)(C)c3cccnc32)c1.[Pt+2]. The number of ether oxygens (including phenoxy) is 2. The minimum atomic E-state index is -0.318. The number of nitrogens with zero attached hydrogens (tertiary/aromatic N) is 3. The Bertz CT molecular complexity index is 1880. The van der Waals surface area contributed by atoms with E-state index in [1.54, 1.807) is 0 Å². The summed E-state index contributed by atoms with van der Waals surface area (Å²) in [6, 6.07) is 26.5. The van der Waals surface area contributed by atoms with Gasteiger partial charge in [-0.3, -0.25) is 4.99 Å². The molecule has 0 bridgehead atoms. The van der Waals surface area contributed by atoms with Gasteiger partial charge >= 0.3 is 21.1 Å². The third-order valence-corrected chi connectivity index (χ3v) is 10.1. The van der Waals surface area contributed by atoms with Crippen LogP contribution in [0.5, 0.6) is 11.5 Å². The molecule has 0 unspecified atom stereocenters. The Morgan fingerprint density at radius 1 is 0.896 bits per heavy atom. The van der Waals surface area contributed by atoms with E-state index >= 15 is 0 Å². The Morgan fingerprint density at radius 3 is 2.25 bits per heavy atom. The molecular weight excluding hydrogens is 774 g/mol. The molecule has 0 amide bonds. The molecule has 2 aliphatic heterocycles. The van der Waals surface area contributed by atoms with E-state index in [2.05, 4.69) is 143 Å². The number of aliphatic imine (C=N–C) groups is 1. The molecule has 3 heterocycles. The molecule has 0 aliphatic carbocycles. The summed E-state index contributed by atoms with van der Waals surface area (Å²) < 4.78 is 12.8. The van der Waals surface area contributed by atoms with E-state index < -0.39 is 0 Å². The maximum Gasteiger partial charge on any atom is 2.00 e. The standard InChI is InChI=1S/C42H49N3O2.Pt/c1-26(2)28-20-29(38-44-42(12,25-46-38)40(7,8)9)22-33(21-28)47-32-19-27(3)18-31(24-32)45-36-16-15-30(39(4,5)6)23-35(36)41(10,11)34-14-13-17-43-37(34)45;/h13-21,23,26H,25H2,1-12H3;/q-2;+2/t42-;/m0./s1. The number of hydrogen-bond donors (Lipinski definition) is 0. The van der Waals surface area contributed by atoms with Crippen LogP contribution in [0.2, 0.25) is 0 Å². The van der Waals surface area contributed by atoms with Gasteiger partial charge in [-0.05, 0) is 46.9 Å². The van der Waals surface area contributed by atoms with E-state index in [0.29, 0.717) is 24.0 Å².